The van der Waals surface area contributed by atoms with Crippen LogP contribution in [0.2, 0.25) is 0 Å². The van der Waals surface area contributed by atoms with E-state index in [0.717, 1.165) is 37.9 Å². The summed E-state index contributed by atoms with van der Waals surface area (Å²) in [7, 11) is 0. The molecule has 1 spiro atoms. The van der Waals surface area contributed by atoms with Gasteiger partial charge < -0.3 is 9.84 Å². The molecule has 19 heavy (non-hydrogen) atoms. The van der Waals surface area contributed by atoms with Crippen LogP contribution in [-0.4, -0.2) is 33.8 Å². The van der Waals surface area contributed by atoms with E-state index in [4.69, 9.17) is 4.74 Å². The smallest absolute Gasteiger partial charge is 0.0834 e. The van der Waals surface area contributed by atoms with Gasteiger partial charge in [-0.15, -0.1) is 0 Å². The molecule has 1 aromatic heterocycles. The molecule has 3 heterocycles. The quantitative estimate of drug-likeness (QED) is 0.904. The number of pyridine rings is 1. The molecule has 0 amide bonds. The molecule has 2 saturated heterocycles. The van der Waals surface area contributed by atoms with Crippen molar-refractivity contribution in [2.75, 3.05) is 18.1 Å². The first kappa shape index (κ1) is 13.4. The molecule has 0 aliphatic carbocycles. The molecule has 3 rings (SSSR count). The second-order valence-electron chi connectivity index (χ2n) is 5.63. The fourth-order valence-corrected chi connectivity index (χ4v) is 4.49. The third-order valence-electron chi connectivity index (χ3n) is 4.41. The second-order valence-corrected chi connectivity index (χ2v) is 6.85. The van der Waals surface area contributed by atoms with Crippen LogP contribution in [0.15, 0.2) is 24.5 Å². The van der Waals surface area contributed by atoms with Crippen molar-refractivity contribution in [3.63, 3.8) is 0 Å². The Labute approximate surface area is 118 Å². The van der Waals surface area contributed by atoms with Crippen LogP contribution in [0.3, 0.4) is 0 Å². The lowest BCUT2D eigenvalue weighted by Gasteiger charge is -2.44. The minimum atomic E-state index is -0.399. The summed E-state index contributed by atoms with van der Waals surface area (Å²) >= 11 is 2.02. The highest BCUT2D eigenvalue weighted by molar-refractivity contribution is 7.99. The Morgan fingerprint density at radius 3 is 3.00 bits per heavy atom. The topological polar surface area (TPSA) is 42.4 Å². The third kappa shape index (κ3) is 2.96. The monoisotopic (exact) mass is 279 g/mol. The number of aliphatic hydroxyl groups excluding tert-OH is 1. The zero-order chi connectivity index (χ0) is 13.1. The minimum Gasteiger partial charge on any atom is -0.388 e. The predicted molar refractivity (Wildman–Crippen MR) is 77.2 cm³/mol. The number of nitrogens with zero attached hydrogens (tertiary/aromatic N) is 1. The van der Waals surface area contributed by atoms with Gasteiger partial charge in [-0.3, -0.25) is 4.98 Å². The number of aromatic nitrogens is 1. The van der Waals surface area contributed by atoms with Gasteiger partial charge in [-0.25, -0.2) is 0 Å². The maximum atomic E-state index is 10.6. The number of thioether (sulfide) groups is 1. The molecule has 0 aromatic carbocycles. The Bertz CT molecular complexity index is 400. The van der Waals surface area contributed by atoms with Crippen molar-refractivity contribution in [3.05, 3.63) is 30.1 Å². The molecule has 2 aliphatic rings. The molecule has 2 unspecified atom stereocenters. The van der Waals surface area contributed by atoms with E-state index in [9.17, 15) is 5.11 Å². The van der Waals surface area contributed by atoms with Crippen LogP contribution in [-0.2, 0) is 4.74 Å². The first-order chi connectivity index (χ1) is 9.29. The zero-order valence-electron chi connectivity index (χ0n) is 11.1. The highest BCUT2D eigenvalue weighted by Gasteiger charge is 2.40. The van der Waals surface area contributed by atoms with E-state index in [0.29, 0.717) is 5.92 Å². The van der Waals surface area contributed by atoms with Crippen LogP contribution in [0.25, 0.3) is 0 Å². The molecular weight excluding hydrogens is 258 g/mol. The van der Waals surface area contributed by atoms with E-state index in [1.807, 2.05) is 23.9 Å². The summed E-state index contributed by atoms with van der Waals surface area (Å²) < 4.78 is 6.08. The average molecular weight is 279 g/mol. The van der Waals surface area contributed by atoms with Crippen molar-refractivity contribution in [1.29, 1.82) is 0 Å². The van der Waals surface area contributed by atoms with E-state index < -0.39 is 6.10 Å². The van der Waals surface area contributed by atoms with Gasteiger partial charge in [-0.05, 0) is 54.7 Å². The average Bonchev–Trinajstić information content (AvgIpc) is 2.48. The SMILES string of the molecule is OC(c1cccnc1)C1CCOC2(CCSCC2)C1. The second kappa shape index (κ2) is 5.81. The maximum Gasteiger partial charge on any atom is 0.0834 e. The van der Waals surface area contributed by atoms with Gasteiger partial charge in [0.25, 0.3) is 0 Å². The highest BCUT2D eigenvalue weighted by atomic mass is 32.2. The number of hydrogen-bond acceptors (Lipinski definition) is 4. The first-order valence-corrected chi connectivity index (χ1v) is 8.24. The van der Waals surface area contributed by atoms with Gasteiger partial charge in [0.1, 0.15) is 0 Å². The van der Waals surface area contributed by atoms with E-state index >= 15 is 0 Å². The van der Waals surface area contributed by atoms with Crippen LogP contribution in [0.4, 0.5) is 0 Å². The maximum absolute atomic E-state index is 10.6. The van der Waals surface area contributed by atoms with Gasteiger partial charge in [0.15, 0.2) is 0 Å². The van der Waals surface area contributed by atoms with Gasteiger partial charge in [-0.2, -0.15) is 11.8 Å². The lowest BCUT2D eigenvalue weighted by molar-refractivity contribution is -0.121. The molecule has 0 radical (unpaired) electrons. The van der Waals surface area contributed by atoms with Crippen molar-refractivity contribution < 1.29 is 9.84 Å². The number of aliphatic hydroxyl groups is 1. The van der Waals surface area contributed by atoms with Crippen LogP contribution in [0.5, 0.6) is 0 Å². The fourth-order valence-electron chi connectivity index (χ4n) is 3.25. The molecule has 2 aliphatic heterocycles. The molecule has 0 saturated carbocycles. The van der Waals surface area contributed by atoms with Gasteiger partial charge in [0.2, 0.25) is 0 Å². The third-order valence-corrected chi connectivity index (χ3v) is 5.39. The molecule has 2 fully saturated rings. The number of rotatable bonds is 2. The Kier molecular flexibility index (Phi) is 4.10. The summed E-state index contributed by atoms with van der Waals surface area (Å²) in [6, 6.07) is 3.86. The molecule has 1 N–H and O–H groups in total. The van der Waals surface area contributed by atoms with Crippen molar-refractivity contribution in [1.82, 2.24) is 4.98 Å². The molecule has 1 aromatic rings. The summed E-state index contributed by atoms with van der Waals surface area (Å²) in [4.78, 5) is 4.11. The molecular formula is C15H21NO2S. The van der Waals surface area contributed by atoms with E-state index in [1.54, 1.807) is 12.4 Å². The van der Waals surface area contributed by atoms with E-state index in [1.165, 1.54) is 11.5 Å². The van der Waals surface area contributed by atoms with Crippen LogP contribution < -0.4 is 0 Å². The first-order valence-electron chi connectivity index (χ1n) is 7.09. The predicted octanol–water partition coefficient (Wildman–Crippen LogP) is 2.81. The van der Waals surface area contributed by atoms with Crippen molar-refractivity contribution in [2.24, 2.45) is 5.92 Å². The van der Waals surface area contributed by atoms with Crippen molar-refractivity contribution >= 4 is 11.8 Å². The Morgan fingerprint density at radius 2 is 2.26 bits per heavy atom. The molecule has 4 heteroatoms. The van der Waals surface area contributed by atoms with Gasteiger partial charge in [0, 0.05) is 19.0 Å². The summed E-state index contributed by atoms with van der Waals surface area (Å²) in [5.41, 5.74) is 0.979. The Hall–Kier alpha value is -0.580. The van der Waals surface area contributed by atoms with E-state index in [-0.39, 0.29) is 5.60 Å². The molecule has 0 bridgehead atoms. The van der Waals surface area contributed by atoms with Gasteiger partial charge in [0.05, 0.1) is 11.7 Å². The summed E-state index contributed by atoms with van der Waals surface area (Å²) in [5.74, 6) is 2.69. The van der Waals surface area contributed by atoms with Gasteiger partial charge >= 0.3 is 0 Å². The lowest BCUT2D eigenvalue weighted by atomic mass is 9.78. The molecule has 3 nitrogen and oxygen atoms in total. The van der Waals surface area contributed by atoms with Crippen LogP contribution in [0, 0.1) is 5.92 Å². The fraction of sp³-hybridized carbons (Fsp3) is 0.667. The largest absolute Gasteiger partial charge is 0.388 e. The standard InChI is InChI=1S/C15H21NO2S/c17-14(13-2-1-6-16-11-13)12-3-7-18-15(10-12)4-8-19-9-5-15/h1-2,6,11-12,14,17H,3-5,7-10H2. The lowest BCUT2D eigenvalue weighted by Crippen LogP contribution is -2.44. The Morgan fingerprint density at radius 1 is 1.42 bits per heavy atom. The number of ether oxygens (including phenoxy) is 1. The zero-order valence-corrected chi connectivity index (χ0v) is 11.9. The molecule has 104 valence electrons. The minimum absolute atomic E-state index is 0.0390. The highest BCUT2D eigenvalue weighted by Crippen LogP contribution is 2.43. The summed E-state index contributed by atoms with van der Waals surface area (Å²) in [5, 5.41) is 10.6. The summed E-state index contributed by atoms with van der Waals surface area (Å²) in [6.45, 7) is 0.784. The normalized spacial score (nSPS) is 28.2. The Balaban J connectivity index is 1.71. The van der Waals surface area contributed by atoms with E-state index in [2.05, 4.69) is 4.98 Å². The molecule has 2 atom stereocenters. The van der Waals surface area contributed by atoms with Gasteiger partial charge in [-0.1, -0.05) is 6.07 Å². The van der Waals surface area contributed by atoms with Crippen LogP contribution in [0.1, 0.15) is 37.4 Å². The summed E-state index contributed by atoms with van der Waals surface area (Å²) in [6.07, 6.45) is 7.34. The van der Waals surface area contributed by atoms with Crippen molar-refractivity contribution in [2.45, 2.75) is 37.4 Å². The number of hydrogen-bond donors (Lipinski definition) is 1. The van der Waals surface area contributed by atoms with Crippen LogP contribution >= 0.6 is 11.8 Å². The van der Waals surface area contributed by atoms with Crippen molar-refractivity contribution in [3.8, 4) is 0 Å².